The molecule has 0 atom stereocenters. The normalized spacial score (nSPS) is 16.9. The lowest BCUT2D eigenvalue weighted by molar-refractivity contribution is 0.0339. The second kappa shape index (κ2) is 7.28. The summed E-state index contributed by atoms with van der Waals surface area (Å²) >= 11 is 0. The molecule has 1 aromatic rings. The van der Waals surface area contributed by atoms with Gasteiger partial charge in [0.05, 0.1) is 20.3 Å². The summed E-state index contributed by atoms with van der Waals surface area (Å²) in [7, 11) is 1.72. The van der Waals surface area contributed by atoms with Gasteiger partial charge in [-0.3, -0.25) is 4.90 Å². The fourth-order valence-corrected chi connectivity index (χ4v) is 2.23. The summed E-state index contributed by atoms with van der Waals surface area (Å²) in [6.45, 7) is 5.05. The Morgan fingerprint density at radius 2 is 2.16 bits per heavy atom. The number of ether oxygens (including phenoxy) is 2. The topological polar surface area (TPSA) is 47.7 Å². The Labute approximate surface area is 114 Å². The van der Waals surface area contributed by atoms with Gasteiger partial charge in [0, 0.05) is 31.7 Å². The summed E-state index contributed by atoms with van der Waals surface area (Å²) in [6, 6.07) is 6.24. The predicted molar refractivity (Wildman–Crippen MR) is 77.2 cm³/mol. The number of morpholine rings is 1. The molecule has 1 saturated heterocycles. The fraction of sp³-hybridized carbons (Fsp3) is 0.467. The van der Waals surface area contributed by atoms with Gasteiger partial charge in [0.25, 0.3) is 0 Å². The van der Waals surface area contributed by atoms with E-state index in [9.17, 15) is 0 Å². The van der Waals surface area contributed by atoms with Gasteiger partial charge in [-0.25, -0.2) is 0 Å². The van der Waals surface area contributed by atoms with E-state index in [1.807, 2.05) is 24.3 Å². The Kier molecular flexibility index (Phi) is 5.39. The van der Waals surface area contributed by atoms with E-state index in [1.54, 1.807) is 7.11 Å². The Bertz CT molecular complexity index is 426. The van der Waals surface area contributed by atoms with Crippen molar-refractivity contribution in [1.29, 1.82) is 0 Å². The number of hydrogen-bond acceptors (Lipinski definition) is 4. The van der Waals surface area contributed by atoms with E-state index in [-0.39, 0.29) is 0 Å². The Balaban J connectivity index is 2.13. The first-order chi connectivity index (χ1) is 9.33. The molecule has 1 aliphatic rings. The Morgan fingerprint density at radius 1 is 1.37 bits per heavy atom. The molecular formula is C15H22N2O2. The third-order valence-corrected chi connectivity index (χ3v) is 3.25. The molecule has 2 rings (SSSR count). The van der Waals surface area contributed by atoms with Crippen LogP contribution in [-0.2, 0) is 11.3 Å². The van der Waals surface area contributed by atoms with Crippen LogP contribution in [0.15, 0.2) is 24.3 Å². The highest BCUT2D eigenvalue weighted by molar-refractivity contribution is 5.53. The molecule has 4 nitrogen and oxygen atoms in total. The molecule has 0 bridgehead atoms. The predicted octanol–water partition coefficient (Wildman–Crippen LogP) is 1.50. The van der Waals surface area contributed by atoms with Crippen LogP contribution >= 0.6 is 0 Å². The van der Waals surface area contributed by atoms with Crippen molar-refractivity contribution in [3.8, 4) is 5.75 Å². The quantitative estimate of drug-likeness (QED) is 0.873. The molecule has 0 spiro atoms. The zero-order chi connectivity index (χ0) is 13.5. The van der Waals surface area contributed by atoms with E-state index in [0.29, 0.717) is 6.54 Å². The molecule has 0 aromatic heterocycles. The number of nitrogens with two attached hydrogens (primary N) is 1. The maximum absolute atomic E-state index is 5.49. The minimum atomic E-state index is 0.560. The van der Waals surface area contributed by atoms with E-state index >= 15 is 0 Å². The summed E-state index contributed by atoms with van der Waals surface area (Å²) in [5, 5.41) is 0. The molecular weight excluding hydrogens is 240 g/mol. The van der Waals surface area contributed by atoms with Crippen molar-refractivity contribution < 1.29 is 9.47 Å². The van der Waals surface area contributed by atoms with Crippen molar-refractivity contribution in [3.05, 3.63) is 35.4 Å². The van der Waals surface area contributed by atoms with Gasteiger partial charge in [-0.15, -0.1) is 0 Å². The first-order valence-electron chi connectivity index (χ1n) is 6.67. The highest BCUT2D eigenvalue weighted by Crippen LogP contribution is 2.22. The van der Waals surface area contributed by atoms with Crippen molar-refractivity contribution in [3.63, 3.8) is 0 Å². The van der Waals surface area contributed by atoms with Crippen molar-refractivity contribution in [1.82, 2.24) is 4.90 Å². The van der Waals surface area contributed by atoms with Crippen LogP contribution in [0.1, 0.15) is 11.1 Å². The smallest absolute Gasteiger partial charge is 0.123 e. The second-order valence-corrected chi connectivity index (χ2v) is 4.60. The molecule has 0 saturated carbocycles. The maximum Gasteiger partial charge on any atom is 0.123 e. The first kappa shape index (κ1) is 14.1. The minimum absolute atomic E-state index is 0.560. The molecule has 1 aliphatic heterocycles. The van der Waals surface area contributed by atoms with Gasteiger partial charge < -0.3 is 15.2 Å². The van der Waals surface area contributed by atoms with E-state index in [1.165, 1.54) is 5.56 Å². The Morgan fingerprint density at radius 3 is 2.84 bits per heavy atom. The zero-order valence-electron chi connectivity index (χ0n) is 11.5. The van der Waals surface area contributed by atoms with Crippen molar-refractivity contribution >= 4 is 6.08 Å². The van der Waals surface area contributed by atoms with Crippen molar-refractivity contribution in [2.45, 2.75) is 6.54 Å². The van der Waals surface area contributed by atoms with Gasteiger partial charge in [0.2, 0.25) is 0 Å². The van der Waals surface area contributed by atoms with Gasteiger partial charge in [-0.1, -0.05) is 18.2 Å². The molecule has 104 valence electrons. The molecule has 1 heterocycles. The van der Waals surface area contributed by atoms with Crippen LogP contribution < -0.4 is 10.5 Å². The van der Waals surface area contributed by atoms with E-state index in [0.717, 1.165) is 44.2 Å². The summed E-state index contributed by atoms with van der Waals surface area (Å²) in [6.07, 6.45) is 4.00. The monoisotopic (exact) mass is 262 g/mol. The lowest BCUT2D eigenvalue weighted by Gasteiger charge is -2.27. The number of hydrogen-bond donors (Lipinski definition) is 1. The average molecular weight is 262 g/mol. The number of nitrogens with zero attached hydrogens (tertiary/aromatic N) is 1. The molecule has 0 amide bonds. The standard InChI is InChI=1S/C15H22N2O2/c1-18-15-5-4-13(3-2-6-16)11-14(15)12-17-7-9-19-10-8-17/h2-5,11H,6-10,12,16H2,1H3/b3-2+. The summed E-state index contributed by atoms with van der Waals surface area (Å²) in [4.78, 5) is 2.39. The molecule has 0 radical (unpaired) electrons. The van der Waals surface area contributed by atoms with Crippen LogP contribution in [-0.4, -0.2) is 44.9 Å². The molecule has 4 heteroatoms. The highest BCUT2D eigenvalue weighted by atomic mass is 16.5. The van der Waals surface area contributed by atoms with Gasteiger partial charge in [0.1, 0.15) is 5.75 Å². The summed E-state index contributed by atoms with van der Waals surface area (Å²) in [5.74, 6) is 0.941. The lowest BCUT2D eigenvalue weighted by atomic mass is 10.1. The van der Waals surface area contributed by atoms with Crippen LogP contribution in [0.3, 0.4) is 0 Å². The third kappa shape index (κ3) is 4.06. The van der Waals surface area contributed by atoms with Crippen LogP contribution in [0.25, 0.3) is 6.08 Å². The molecule has 0 aliphatic carbocycles. The number of methoxy groups -OCH3 is 1. The van der Waals surface area contributed by atoms with Crippen molar-refractivity contribution in [2.24, 2.45) is 5.73 Å². The summed E-state index contributed by atoms with van der Waals surface area (Å²) < 4.78 is 10.8. The van der Waals surface area contributed by atoms with Gasteiger partial charge in [-0.2, -0.15) is 0 Å². The van der Waals surface area contributed by atoms with E-state index < -0.39 is 0 Å². The Hall–Kier alpha value is -1.36. The first-order valence-corrected chi connectivity index (χ1v) is 6.67. The number of rotatable bonds is 5. The maximum atomic E-state index is 5.49. The van der Waals surface area contributed by atoms with Gasteiger partial charge >= 0.3 is 0 Å². The van der Waals surface area contributed by atoms with Gasteiger partial charge in [-0.05, 0) is 17.7 Å². The molecule has 1 fully saturated rings. The second-order valence-electron chi connectivity index (χ2n) is 4.60. The molecule has 19 heavy (non-hydrogen) atoms. The average Bonchev–Trinajstić information content (AvgIpc) is 2.46. The SMILES string of the molecule is COc1ccc(/C=C/CN)cc1CN1CCOCC1. The van der Waals surface area contributed by atoms with Crippen LogP contribution in [0.4, 0.5) is 0 Å². The zero-order valence-corrected chi connectivity index (χ0v) is 11.5. The molecule has 0 unspecified atom stereocenters. The van der Waals surface area contributed by atoms with Crippen LogP contribution in [0, 0.1) is 0 Å². The van der Waals surface area contributed by atoms with E-state index in [2.05, 4.69) is 11.0 Å². The highest BCUT2D eigenvalue weighted by Gasteiger charge is 2.13. The third-order valence-electron chi connectivity index (χ3n) is 3.25. The molecule has 2 N–H and O–H groups in total. The number of benzene rings is 1. The fourth-order valence-electron chi connectivity index (χ4n) is 2.23. The largest absolute Gasteiger partial charge is 0.496 e. The van der Waals surface area contributed by atoms with Crippen LogP contribution in [0.2, 0.25) is 0 Å². The molecule has 1 aromatic carbocycles. The van der Waals surface area contributed by atoms with E-state index in [4.69, 9.17) is 15.2 Å². The minimum Gasteiger partial charge on any atom is -0.496 e. The van der Waals surface area contributed by atoms with Crippen LogP contribution in [0.5, 0.6) is 5.75 Å². The van der Waals surface area contributed by atoms with Crippen molar-refractivity contribution in [2.75, 3.05) is 40.0 Å². The summed E-state index contributed by atoms with van der Waals surface area (Å²) in [5.41, 5.74) is 7.86. The van der Waals surface area contributed by atoms with Gasteiger partial charge in [0.15, 0.2) is 0 Å². The lowest BCUT2D eigenvalue weighted by Crippen LogP contribution is -2.35.